The van der Waals surface area contributed by atoms with Gasteiger partial charge in [0, 0.05) is 5.54 Å². The first kappa shape index (κ1) is 13.4. The minimum Gasteiger partial charge on any atom is -0.496 e. The zero-order valence-electron chi connectivity index (χ0n) is 12.0. The molecule has 0 spiro atoms. The Morgan fingerprint density at radius 2 is 2.17 bits per heavy atom. The molecule has 2 rings (SSSR count). The van der Waals surface area contributed by atoms with E-state index in [4.69, 9.17) is 4.74 Å². The van der Waals surface area contributed by atoms with Gasteiger partial charge in [-0.3, -0.25) is 0 Å². The Bertz CT molecular complexity index is 406. The summed E-state index contributed by atoms with van der Waals surface area (Å²) in [6.07, 6.45) is 3.71. The van der Waals surface area contributed by atoms with Crippen LogP contribution in [0.4, 0.5) is 0 Å². The molecule has 18 heavy (non-hydrogen) atoms. The predicted molar refractivity (Wildman–Crippen MR) is 76.2 cm³/mol. The van der Waals surface area contributed by atoms with E-state index < -0.39 is 0 Å². The molecular weight excluding hydrogens is 222 g/mol. The van der Waals surface area contributed by atoms with Crippen LogP contribution in [-0.4, -0.2) is 19.2 Å². The summed E-state index contributed by atoms with van der Waals surface area (Å²) in [5, 5.41) is 3.73. The van der Waals surface area contributed by atoms with E-state index in [-0.39, 0.29) is 0 Å². The van der Waals surface area contributed by atoms with Gasteiger partial charge < -0.3 is 10.1 Å². The highest BCUT2D eigenvalue weighted by Crippen LogP contribution is 2.32. The molecule has 0 amide bonds. The van der Waals surface area contributed by atoms with Crippen molar-refractivity contribution in [3.05, 3.63) is 29.3 Å². The molecule has 0 saturated carbocycles. The number of rotatable bonds is 4. The molecule has 1 atom stereocenters. The monoisotopic (exact) mass is 247 g/mol. The van der Waals surface area contributed by atoms with Gasteiger partial charge in [0.25, 0.3) is 0 Å². The fraction of sp³-hybridized carbons (Fsp3) is 0.625. The van der Waals surface area contributed by atoms with Gasteiger partial charge >= 0.3 is 0 Å². The summed E-state index contributed by atoms with van der Waals surface area (Å²) >= 11 is 0. The molecule has 1 N–H and O–H groups in total. The highest BCUT2D eigenvalue weighted by Gasteiger charge is 2.36. The summed E-state index contributed by atoms with van der Waals surface area (Å²) in [5.74, 6) is 1.65. The maximum Gasteiger partial charge on any atom is 0.121 e. The van der Waals surface area contributed by atoms with Crippen LogP contribution in [0.5, 0.6) is 5.75 Å². The lowest BCUT2D eigenvalue weighted by molar-refractivity contribution is 0.269. The average Bonchev–Trinajstić information content (AvgIpc) is 2.79. The van der Waals surface area contributed by atoms with Gasteiger partial charge in [-0.05, 0) is 55.8 Å². The number of hydrogen-bond donors (Lipinski definition) is 1. The van der Waals surface area contributed by atoms with Gasteiger partial charge in [0.2, 0.25) is 0 Å². The molecule has 1 aliphatic heterocycles. The number of methoxy groups -OCH3 is 1. The number of ether oxygens (including phenoxy) is 1. The van der Waals surface area contributed by atoms with Crippen molar-refractivity contribution in [3.63, 3.8) is 0 Å². The second-order valence-electron chi connectivity index (χ2n) is 5.82. The maximum atomic E-state index is 5.33. The summed E-state index contributed by atoms with van der Waals surface area (Å²) in [7, 11) is 1.73. The molecule has 100 valence electrons. The molecule has 1 unspecified atom stereocenters. The molecule has 0 aliphatic carbocycles. The third kappa shape index (κ3) is 2.54. The van der Waals surface area contributed by atoms with Gasteiger partial charge in [-0.15, -0.1) is 0 Å². The van der Waals surface area contributed by atoms with Crippen molar-refractivity contribution in [1.29, 1.82) is 0 Å². The van der Waals surface area contributed by atoms with Crippen LogP contribution in [0.3, 0.4) is 0 Å². The molecule has 1 aliphatic rings. The van der Waals surface area contributed by atoms with Crippen molar-refractivity contribution in [2.45, 2.75) is 45.6 Å². The molecule has 2 heteroatoms. The molecule has 1 aromatic rings. The molecule has 0 radical (unpaired) electrons. The first-order chi connectivity index (χ1) is 8.57. The van der Waals surface area contributed by atoms with E-state index in [0.717, 1.165) is 18.7 Å². The third-order valence-electron chi connectivity index (χ3n) is 4.36. The first-order valence-corrected chi connectivity index (χ1v) is 6.96. The van der Waals surface area contributed by atoms with Crippen LogP contribution in [0.15, 0.2) is 18.2 Å². The van der Waals surface area contributed by atoms with Gasteiger partial charge in [-0.1, -0.05) is 26.0 Å². The number of nitrogens with one attached hydrogen (secondary N) is 1. The van der Waals surface area contributed by atoms with Crippen LogP contribution in [0, 0.1) is 12.8 Å². The van der Waals surface area contributed by atoms with Crippen LogP contribution in [0.25, 0.3) is 0 Å². The summed E-state index contributed by atoms with van der Waals surface area (Å²) in [6.45, 7) is 7.93. The SMILES string of the molecule is COc1ccc(CC2(C(C)C)CCCN2)cc1C. The maximum absolute atomic E-state index is 5.33. The highest BCUT2D eigenvalue weighted by atomic mass is 16.5. The van der Waals surface area contributed by atoms with E-state index in [1.165, 1.54) is 24.0 Å². The summed E-state index contributed by atoms with van der Waals surface area (Å²) in [4.78, 5) is 0. The van der Waals surface area contributed by atoms with Crippen molar-refractivity contribution >= 4 is 0 Å². The predicted octanol–water partition coefficient (Wildman–Crippen LogP) is 3.32. The molecule has 2 nitrogen and oxygen atoms in total. The smallest absolute Gasteiger partial charge is 0.121 e. The summed E-state index contributed by atoms with van der Waals surface area (Å²) < 4.78 is 5.33. The van der Waals surface area contributed by atoms with Gasteiger partial charge in [-0.2, -0.15) is 0 Å². The largest absolute Gasteiger partial charge is 0.496 e. The van der Waals surface area contributed by atoms with E-state index >= 15 is 0 Å². The highest BCUT2D eigenvalue weighted by molar-refractivity contribution is 5.37. The standard InChI is InChI=1S/C16H25NO/c1-12(2)16(8-5-9-17-16)11-14-6-7-15(18-4)13(3)10-14/h6-7,10,12,17H,5,8-9,11H2,1-4H3. The summed E-state index contributed by atoms with van der Waals surface area (Å²) in [5.41, 5.74) is 2.93. The van der Waals surface area contributed by atoms with Crippen LogP contribution in [0.1, 0.15) is 37.8 Å². The van der Waals surface area contributed by atoms with Crippen molar-refractivity contribution in [2.75, 3.05) is 13.7 Å². The van der Waals surface area contributed by atoms with E-state index in [9.17, 15) is 0 Å². The lowest BCUT2D eigenvalue weighted by Crippen LogP contribution is -2.46. The Kier molecular flexibility index (Phi) is 3.96. The van der Waals surface area contributed by atoms with Crippen molar-refractivity contribution < 1.29 is 4.74 Å². The minimum atomic E-state index is 0.293. The molecule has 1 fully saturated rings. The molecule has 1 saturated heterocycles. The molecule has 0 bridgehead atoms. The van der Waals surface area contributed by atoms with E-state index in [1.807, 2.05) is 0 Å². The van der Waals surface area contributed by atoms with Crippen LogP contribution in [-0.2, 0) is 6.42 Å². The fourth-order valence-corrected chi connectivity index (χ4v) is 3.09. The Labute approximate surface area is 111 Å². The fourth-order valence-electron chi connectivity index (χ4n) is 3.09. The second kappa shape index (κ2) is 5.31. The van der Waals surface area contributed by atoms with Gasteiger partial charge in [-0.25, -0.2) is 0 Å². The van der Waals surface area contributed by atoms with Crippen LogP contribution >= 0.6 is 0 Å². The van der Waals surface area contributed by atoms with Gasteiger partial charge in [0.05, 0.1) is 7.11 Å². The molecular formula is C16H25NO. The third-order valence-corrected chi connectivity index (χ3v) is 4.36. The lowest BCUT2D eigenvalue weighted by Gasteiger charge is -2.34. The Morgan fingerprint density at radius 1 is 1.39 bits per heavy atom. The van der Waals surface area contributed by atoms with Crippen LogP contribution < -0.4 is 10.1 Å². The summed E-state index contributed by atoms with van der Waals surface area (Å²) in [6, 6.07) is 6.56. The van der Waals surface area contributed by atoms with Crippen molar-refractivity contribution in [2.24, 2.45) is 5.92 Å². The van der Waals surface area contributed by atoms with Crippen molar-refractivity contribution in [3.8, 4) is 5.75 Å². The zero-order chi connectivity index (χ0) is 13.2. The normalized spacial score (nSPS) is 23.6. The number of hydrogen-bond acceptors (Lipinski definition) is 2. The van der Waals surface area contributed by atoms with Gasteiger partial charge in [0.15, 0.2) is 0 Å². The number of aryl methyl sites for hydroxylation is 1. The Balaban J connectivity index is 2.19. The Morgan fingerprint density at radius 3 is 2.67 bits per heavy atom. The average molecular weight is 247 g/mol. The quantitative estimate of drug-likeness (QED) is 0.881. The second-order valence-corrected chi connectivity index (χ2v) is 5.82. The first-order valence-electron chi connectivity index (χ1n) is 6.96. The van der Waals surface area contributed by atoms with Crippen LogP contribution in [0.2, 0.25) is 0 Å². The van der Waals surface area contributed by atoms with Gasteiger partial charge in [0.1, 0.15) is 5.75 Å². The van der Waals surface area contributed by atoms with E-state index in [1.54, 1.807) is 7.11 Å². The molecule has 1 aromatic carbocycles. The van der Waals surface area contributed by atoms with E-state index in [2.05, 4.69) is 44.3 Å². The van der Waals surface area contributed by atoms with E-state index in [0.29, 0.717) is 11.5 Å². The lowest BCUT2D eigenvalue weighted by atomic mass is 9.79. The molecule has 0 aromatic heterocycles. The topological polar surface area (TPSA) is 21.3 Å². The minimum absolute atomic E-state index is 0.293. The number of benzene rings is 1. The van der Waals surface area contributed by atoms with Crippen molar-refractivity contribution in [1.82, 2.24) is 5.32 Å². The Hall–Kier alpha value is -1.02. The zero-order valence-corrected chi connectivity index (χ0v) is 12.0. The molecule has 1 heterocycles.